The Bertz CT molecular complexity index is 893. The van der Waals surface area contributed by atoms with Gasteiger partial charge in [0.1, 0.15) is 0 Å². The standard InChI is InChI=1S/C20H22BrN3O2/c1-13-16(17-11-15(21)7-8-18(17)23-13)9-10-22-20(26)24-19(12-25)14-5-3-2-4-6-14/h2-8,11,19,23,25H,9-10,12H2,1H3,(H2,22,24,26)/t19-/m0/s1. The monoisotopic (exact) mass is 415 g/mol. The van der Waals surface area contributed by atoms with E-state index in [4.69, 9.17) is 0 Å². The number of carbonyl (C=O) groups is 1. The third-order valence-corrected chi connectivity index (χ3v) is 4.93. The molecule has 3 rings (SSSR count). The zero-order valence-electron chi connectivity index (χ0n) is 14.6. The molecule has 2 aromatic carbocycles. The molecular weight excluding hydrogens is 394 g/mol. The normalized spacial score (nSPS) is 12.1. The Morgan fingerprint density at radius 2 is 2.00 bits per heavy atom. The molecule has 0 aliphatic carbocycles. The molecule has 0 bridgehead atoms. The first kappa shape index (κ1) is 18.5. The highest BCUT2D eigenvalue weighted by Gasteiger charge is 2.14. The summed E-state index contributed by atoms with van der Waals surface area (Å²) in [5.74, 6) is 0. The molecule has 1 aromatic heterocycles. The average Bonchev–Trinajstić information content (AvgIpc) is 2.95. The van der Waals surface area contributed by atoms with Crippen LogP contribution >= 0.6 is 15.9 Å². The van der Waals surface area contributed by atoms with Crippen LogP contribution in [-0.2, 0) is 6.42 Å². The molecule has 0 aliphatic heterocycles. The van der Waals surface area contributed by atoms with E-state index in [-0.39, 0.29) is 12.6 Å². The number of benzene rings is 2. The van der Waals surface area contributed by atoms with Gasteiger partial charge in [-0.3, -0.25) is 0 Å². The van der Waals surface area contributed by atoms with Crippen LogP contribution in [-0.4, -0.2) is 29.3 Å². The number of aryl methyl sites for hydroxylation is 1. The number of aliphatic hydroxyl groups is 1. The summed E-state index contributed by atoms with van der Waals surface area (Å²) in [6.45, 7) is 2.41. The van der Waals surface area contributed by atoms with Gasteiger partial charge in [-0.15, -0.1) is 0 Å². The second kappa shape index (κ2) is 8.38. The summed E-state index contributed by atoms with van der Waals surface area (Å²) in [5, 5.41) is 16.4. The van der Waals surface area contributed by atoms with E-state index in [0.717, 1.165) is 33.1 Å². The molecule has 4 N–H and O–H groups in total. The lowest BCUT2D eigenvalue weighted by Gasteiger charge is -2.17. The zero-order valence-corrected chi connectivity index (χ0v) is 16.1. The van der Waals surface area contributed by atoms with Gasteiger partial charge in [0.05, 0.1) is 12.6 Å². The van der Waals surface area contributed by atoms with Gasteiger partial charge in [-0.05, 0) is 42.7 Å². The van der Waals surface area contributed by atoms with E-state index in [1.54, 1.807) is 0 Å². The second-order valence-corrected chi connectivity index (χ2v) is 7.13. The first-order valence-electron chi connectivity index (χ1n) is 8.55. The van der Waals surface area contributed by atoms with Gasteiger partial charge in [0.25, 0.3) is 0 Å². The van der Waals surface area contributed by atoms with Crippen LogP contribution in [0.1, 0.15) is 22.9 Å². The molecular formula is C20H22BrN3O2. The Kier molecular flexibility index (Phi) is 5.96. The minimum absolute atomic E-state index is 0.146. The molecule has 0 unspecified atom stereocenters. The lowest BCUT2D eigenvalue weighted by Crippen LogP contribution is -2.40. The molecule has 3 aromatic rings. The third kappa shape index (κ3) is 4.26. The molecule has 6 heteroatoms. The molecule has 1 atom stereocenters. The van der Waals surface area contributed by atoms with Crippen molar-refractivity contribution in [1.29, 1.82) is 0 Å². The van der Waals surface area contributed by atoms with Crippen LogP contribution in [0, 0.1) is 6.92 Å². The third-order valence-electron chi connectivity index (χ3n) is 4.43. The van der Waals surface area contributed by atoms with Crippen molar-refractivity contribution < 1.29 is 9.90 Å². The van der Waals surface area contributed by atoms with Gasteiger partial charge in [0.15, 0.2) is 0 Å². The Morgan fingerprint density at radius 3 is 2.73 bits per heavy atom. The molecule has 0 fully saturated rings. The number of hydrogen-bond acceptors (Lipinski definition) is 2. The second-order valence-electron chi connectivity index (χ2n) is 6.21. The largest absolute Gasteiger partial charge is 0.394 e. The smallest absolute Gasteiger partial charge is 0.315 e. The molecule has 5 nitrogen and oxygen atoms in total. The summed E-state index contributed by atoms with van der Waals surface area (Å²) in [4.78, 5) is 15.5. The van der Waals surface area contributed by atoms with Gasteiger partial charge in [0.2, 0.25) is 0 Å². The molecule has 0 saturated heterocycles. The highest BCUT2D eigenvalue weighted by molar-refractivity contribution is 9.10. The lowest BCUT2D eigenvalue weighted by atomic mass is 10.1. The lowest BCUT2D eigenvalue weighted by molar-refractivity contribution is 0.217. The van der Waals surface area contributed by atoms with Crippen molar-refractivity contribution in [1.82, 2.24) is 15.6 Å². The number of rotatable bonds is 6. The van der Waals surface area contributed by atoms with Gasteiger partial charge < -0.3 is 20.7 Å². The fraction of sp³-hybridized carbons (Fsp3) is 0.250. The molecule has 0 radical (unpaired) electrons. The summed E-state index contributed by atoms with van der Waals surface area (Å²) < 4.78 is 1.03. The van der Waals surface area contributed by atoms with Gasteiger partial charge in [-0.2, -0.15) is 0 Å². The molecule has 136 valence electrons. The Morgan fingerprint density at radius 1 is 1.23 bits per heavy atom. The minimum atomic E-state index is -0.415. The van der Waals surface area contributed by atoms with Crippen molar-refractivity contribution in [2.45, 2.75) is 19.4 Å². The maximum atomic E-state index is 12.2. The first-order chi connectivity index (χ1) is 12.6. The number of fused-ring (bicyclic) bond motifs is 1. The summed E-state index contributed by atoms with van der Waals surface area (Å²) >= 11 is 3.51. The van der Waals surface area contributed by atoms with Crippen molar-refractivity contribution in [3.63, 3.8) is 0 Å². The Hall–Kier alpha value is -2.31. The van der Waals surface area contributed by atoms with Crippen molar-refractivity contribution in [3.8, 4) is 0 Å². The molecule has 0 saturated carbocycles. The number of aromatic amines is 1. The Labute approximate surface area is 160 Å². The van der Waals surface area contributed by atoms with Crippen LogP contribution in [0.15, 0.2) is 53.0 Å². The van der Waals surface area contributed by atoms with E-state index >= 15 is 0 Å². The van der Waals surface area contributed by atoms with Crippen LogP contribution < -0.4 is 10.6 Å². The zero-order chi connectivity index (χ0) is 18.5. The highest BCUT2D eigenvalue weighted by atomic mass is 79.9. The fourth-order valence-corrected chi connectivity index (χ4v) is 3.47. The maximum Gasteiger partial charge on any atom is 0.315 e. The van der Waals surface area contributed by atoms with Crippen LogP contribution in [0.2, 0.25) is 0 Å². The van der Waals surface area contributed by atoms with Gasteiger partial charge in [-0.1, -0.05) is 46.3 Å². The van der Waals surface area contributed by atoms with E-state index in [0.29, 0.717) is 6.54 Å². The van der Waals surface area contributed by atoms with Crippen molar-refractivity contribution in [2.75, 3.05) is 13.2 Å². The number of amides is 2. The van der Waals surface area contributed by atoms with Gasteiger partial charge in [0, 0.05) is 27.6 Å². The Balaban J connectivity index is 1.59. The molecule has 2 amide bonds. The quantitative estimate of drug-likeness (QED) is 0.493. The predicted molar refractivity (Wildman–Crippen MR) is 107 cm³/mol. The summed E-state index contributed by atoms with van der Waals surface area (Å²) in [7, 11) is 0. The molecule has 0 aliphatic rings. The molecule has 1 heterocycles. The maximum absolute atomic E-state index is 12.2. The molecule has 0 spiro atoms. The summed E-state index contributed by atoms with van der Waals surface area (Å²) in [5.41, 5.74) is 4.28. The van der Waals surface area contributed by atoms with E-state index in [1.165, 1.54) is 5.56 Å². The van der Waals surface area contributed by atoms with Crippen molar-refractivity contribution >= 4 is 32.9 Å². The van der Waals surface area contributed by atoms with Gasteiger partial charge in [-0.25, -0.2) is 4.79 Å². The summed E-state index contributed by atoms with van der Waals surface area (Å²) in [6.07, 6.45) is 0.727. The van der Waals surface area contributed by atoms with E-state index in [1.807, 2.05) is 49.4 Å². The predicted octanol–water partition coefficient (Wildman–Crippen LogP) is 3.81. The number of H-pyrrole nitrogens is 1. The van der Waals surface area contributed by atoms with Crippen LogP contribution in [0.3, 0.4) is 0 Å². The van der Waals surface area contributed by atoms with Crippen molar-refractivity contribution in [2.24, 2.45) is 0 Å². The number of nitrogens with one attached hydrogen (secondary N) is 3. The van der Waals surface area contributed by atoms with E-state index in [2.05, 4.69) is 37.6 Å². The summed E-state index contributed by atoms with van der Waals surface area (Å²) in [6, 6.07) is 14.9. The first-order valence-corrected chi connectivity index (χ1v) is 9.34. The number of hydrogen-bond donors (Lipinski definition) is 4. The van der Waals surface area contributed by atoms with Crippen LogP contribution in [0.25, 0.3) is 10.9 Å². The van der Waals surface area contributed by atoms with Gasteiger partial charge >= 0.3 is 6.03 Å². The van der Waals surface area contributed by atoms with Crippen LogP contribution in [0.4, 0.5) is 4.79 Å². The fourth-order valence-electron chi connectivity index (χ4n) is 3.11. The van der Waals surface area contributed by atoms with E-state index < -0.39 is 6.04 Å². The number of urea groups is 1. The number of aromatic nitrogens is 1. The number of carbonyl (C=O) groups excluding carboxylic acids is 1. The SMILES string of the molecule is Cc1[nH]c2ccc(Br)cc2c1CCNC(=O)N[C@@H](CO)c1ccccc1. The molecule has 26 heavy (non-hydrogen) atoms. The minimum Gasteiger partial charge on any atom is -0.394 e. The average molecular weight is 416 g/mol. The van der Waals surface area contributed by atoms with E-state index in [9.17, 15) is 9.90 Å². The topological polar surface area (TPSA) is 77.2 Å². The highest BCUT2D eigenvalue weighted by Crippen LogP contribution is 2.25. The number of aliphatic hydroxyl groups excluding tert-OH is 1. The number of halogens is 1. The van der Waals surface area contributed by atoms with Crippen molar-refractivity contribution in [3.05, 3.63) is 69.8 Å². The van der Waals surface area contributed by atoms with Crippen LogP contribution in [0.5, 0.6) is 0 Å².